The summed E-state index contributed by atoms with van der Waals surface area (Å²) in [4.78, 5) is 24.6. The molecule has 1 saturated heterocycles. The minimum atomic E-state index is -0.403. The first-order valence-corrected chi connectivity index (χ1v) is 26.8. The van der Waals surface area contributed by atoms with E-state index in [1.165, 1.54) is 65.0 Å². The Labute approximate surface area is 420 Å². The lowest BCUT2D eigenvalue weighted by atomic mass is 10.0. The van der Waals surface area contributed by atoms with Crippen LogP contribution in [0.1, 0.15) is 93.1 Å². The molecule has 0 bridgehead atoms. The summed E-state index contributed by atoms with van der Waals surface area (Å²) >= 11 is 1.63. The van der Waals surface area contributed by atoms with E-state index in [-0.39, 0.29) is 18.3 Å². The molecule has 14 heteroatoms. The molecule has 0 radical (unpaired) electrons. The predicted octanol–water partition coefficient (Wildman–Crippen LogP) is 11.6. The van der Waals surface area contributed by atoms with Crippen molar-refractivity contribution in [2.24, 2.45) is 0 Å². The van der Waals surface area contributed by atoms with Crippen LogP contribution in [-0.4, -0.2) is 87.6 Å². The van der Waals surface area contributed by atoms with Crippen LogP contribution >= 0.6 is 11.3 Å². The van der Waals surface area contributed by atoms with Crippen molar-refractivity contribution < 1.29 is 23.2 Å². The number of hydrogen-bond donors (Lipinski definition) is 2. The molecule has 0 atom stereocenters. The summed E-state index contributed by atoms with van der Waals surface area (Å²) in [7, 11) is 0. The zero-order chi connectivity index (χ0) is 48.9. The van der Waals surface area contributed by atoms with E-state index in [2.05, 4.69) is 102 Å². The molecule has 0 unspecified atom stereocenters. The molecule has 8 aromatic rings. The fourth-order valence-electron chi connectivity index (χ4n) is 10.2. The van der Waals surface area contributed by atoms with Crippen LogP contribution in [0.3, 0.4) is 0 Å². The van der Waals surface area contributed by atoms with Gasteiger partial charge in [0, 0.05) is 90.4 Å². The summed E-state index contributed by atoms with van der Waals surface area (Å²) < 4.78 is 36.8. The van der Waals surface area contributed by atoms with E-state index >= 15 is 4.39 Å². The van der Waals surface area contributed by atoms with Crippen LogP contribution in [0.15, 0.2) is 88.2 Å². The van der Waals surface area contributed by atoms with Crippen LogP contribution in [0.25, 0.3) is 55.2 Å². The van der Waals surface area contributed by atoms with Crippen molar-refractivity contribution in [3.63, 3.8) is 0 Å². The maximum Gasteiger partial charge on any atom is 0.220 e. The van der Waals surface area contributed by atoms with Gasteiger partial charge in [0.2, 0.25) is 5.91 Å². The molecule has 1 aliphatic heterocycles. The molecule has 4 aromatic carbocycles. The van der Waals surface area contributed by atoms with Crippen molar-refractivity contribution in [3.05, 3.63) is 118 Å². The number of carbonyl (C=O) groups excluding carboxylic acids is 1. The first kappa shape index (κ1) is 50.0. The number of unbranched alkanes of at least 4 members (excludes halogenated alkanes) is 7. The molecule has 1 amide bonds. The van der Waals surface area contributed by atoms with Gasteiger partial charge < -0.3 is 33.8 Å². The Morgan fingerprint density at radius 3 is 2.35 bits per heavy atom. The predicted molar refractivity (Wildman–Crippen MR) is 284 cm³/mol. The van der Waals surface area contributed by atoms with E-state index < -0.39 is 5.82 Å². The Balaban J connectivity index is 0.630. The maximum absolute atomic E-state index is 15.3. The number of nitrogens with zero attached hydrogens (tertiary/aromatic N) is 6. The lowest BCUT2D eigenvalue weighted by Gasteiger charge is -2.27. The number of benzene rings is 4. The molecule has 4 aromatic heterocycles. The molecule has 0 saturated carbocycles. The standard InChI is InChI=1S/C57H69FN8O4S/c1-4-65-51-20-14-43(33-47(51)46-19-17-44(36-53(46)65)50-38-71-39-61-50)37-59-24-12-10-8-6-5-7-9-11-13-56(67)60-25-30-69-54-22-15-42(34-48(54)58)16-23-55-62-49-35-45(57-40(2)63-70-41(57)3)18-21-52(49)66(55)27-26-64-28-31-68-32-29-64/h14-15,17-22,33-36,38-39,59H,4-13,16,23-32,37H2,1-3H3,(H,60,67). The smallest absolute Gasteiger partial charge is 0.220 e. The molecule has 374 valence electrons. The lowest BCUT2D eigenvalue weighted by Crippen LogP contribution is -2.38. The van der Waals surface area contributed by atoms with Crippen LogP contribution in [0.2, 0.25) is 0 Å². The molecule has 71 heavy (non-hydrogen) atoms. The molecular formula is C57H69FN8O4S. The average molecular weight is 981 g/mol. The summed E-state index contributed by atoms with van der Waals surface area (Å²) in [5.41, 5.74) is 13.7. The molecule has 12 nitrogen and oxygen atoms in total. The number of nitrogens with one attached hydrogen (secondary N) is 2. The highest BCUT2D eigenvalue weighted by molar-refractivity contribution is 7.07. The minimum Gasteiger partial charge on any atom is -0.489 e. The van der Waals surface area contributed by atoms with Crippen molar-refractivity contribution in [1.82, 2.24) is 39.8 Å². The van der Waals surface area contributed by atoms with Crippen LogP contribution < -0.4 is 15.4 Å². The largest absolute Gasteiger partial charge is 0.489 e. The summed E-state index contributed by atoms with van der Waals surface area (Å²) in [6.45, 7) is 14.5. The Morgan fingerprint density at radius 1 is 0.789 bits per heavy atom. The number of fused-ring (bicyclic) bond motifs is 4. The number of aryl methyl sites for hydroxylation is 5. The van der Waals surface area contributed by atoms with E-state index in [0.29, 0.717) is 25.8 Å². The number of morpholine rings is 1. The highest BCUT2D eigenvalue weighted by atomic mass is 32.1. The molecule has 2 N–H and O–H groups in total. The number of hydrogen-bond acceptors (Lipinski definition) is 10. The first-order valence-electron chi connectivity index (χ1n) is 25.9. The summed E-state index contributed by atoms with van der Waals surface area (Å²) in [5, 5.41) is 15.5. The number of thiazole rings is 1. The molecular weight excluding hydrogens is 912 g/mol. The summed E-state index contributed by atoms with van der Waals surface area (Å²) in [6.07, 6.45) is 10.9. The lowest BCUT2D eigenvalue weighted by molar-refractivity contribution is -0.121. The average Bonchev–Trinajstić information content (AvgIpc) is 4.19. The number of ether oxygens (including phenoxy) is 2. The van der Waals surface area contributed by atoms with Gasteiger partial charge in [0.25, 0.3) is 0 Å². The quantitative estimate of drug-likeness (QED) is 0.0510. The molecule has 1 fully saturated rings. The van der Waals surface area contributed by atoms with Gasteiger partial charge in [-0.3, -0.25) is 9.69 Å². The van der Waals surface area contributed by atoms with E-state index in [9.17, 15) is 4.79 Å². The SMILES string of the molecule is CCn1c2ccc(CNCCCCCCCCCCC(=O)NCCOc3ccc(CCc4nc5cc(-c6c(C)noc6C)ccc5n4CCN4CCOCC4)cc3F)cc2c2ccc(-c3cscn3)cc21. The number of carbonyl (C=O) groups is 1. The van der Waals surface area contributed by atoms with Gasteiger partial charge in [-0.2, -0.15) is 0 Å². The zero-order valence-electron chi connectivity index (χ0n) is 41.7. The van der Waals surface area contributed by atoms with Crippen LogP contribution in [-0.2, 0) is 42.0 Å². The normalized spacial score (nSPS) is 13.3. The van der Waals surface area contributed by atoms with Crippen LogP contribution in [0, 0.1) is 19.7 Å². The van der Waals surface area contributed by atoms with E-state index in [0.717, 1.165) is 129 Å². The van der Waals surface area contributed by atoms with Crippen molar-refractivity contribution in [1.29, 1.82) is 0 Å². The van der Waals surface area contributed by atoms with E-state index in [1.807, 2.05) is 25.4 Å². The number of aromatic nitrogens is 5. The molecule has 0 aliphatic carbocycles. The Bertz CT molecular complexity index is 2990. The molecule has 1 aliphatic rings. The van der Waals surface area contributed by atoms with Crippen LogP contribution in [0.5, 0.6) is 5.75 Å². The van der Waals surface area contributed by atoms with Crippen LogP contribution in [0.4, 0.5) is 4.39 Å². The van der Waals surface area contributed by atoms with Gasteiger partial charge in [-0.15, -0.1) is 11.3 Å². The summed E-state index contributed by atoms with van der Waals surface area (Å²) in [6, 6.07) is 25.2. The number of amides is 1. The Hall–Kier alpha value is -5.93. The van der Waals surface area contributed by atoms with Gasteiger partial charge in [-0.1, -0.05) is 74.0 Å². The van der Waals surface area contributed by atoms with Gasteiger partial charge in [0.1, 0.15) is 18.2 Å². The molecule has 5 heterocycles. The third kappa shape index (κ3) is 12.6. The first-order chi connectivity index (χ1) is 34.8. The number of rotatable bonds is 26. The van der Waals surface area contributed by atoms with E-state index in [4.69, 9.17) is 19.0 Å². The fraction of sp³-hybridized carbons (Fsp3) is 0.439. The third-order valence-electron chi connectivity index (χ3n) is 14.0. The van der Waals surface area contributed by atoms with Crippen molar-refractivity contribution in [2.45, 2.75) is 111 Å². The Morgan fingerprint density at radius 2 is 1.58 bits per heavy atom. The van der Waals surface area contributed by atoms with Gasteiger partial charge in [-0.05, 0) is 106 Å². The van der Waals surface area contributed by atoms with Gasteiger partial charge in [-0.25, -0.2) is 14.4 Å². The van der Waals surface area contributed by atoms with Gasteiger partial charge >= 0.3 is 0 Å². The Kier molecular flexibility index (Phi) is 17.2. The number of imidazole rings is 1. The topological polar surface area (TPSA) is 125 Å². The third-order valence-corrected chi connectivity index (χ3v) is 14.6. The second-order valence-electron chi connectivity index (χ2n) is 19.0. The molecule has 9 rings (SSSR count). The highest BCUT2D eigenvalue weighted by Crippen LogP contribution is 2.34. The van der Waals surface area contributed by atoms with E-state index in [1.54, 1.807) is 23.5 Å². The molecule has 0 spiro atoms. The monoisotopic (exact) mass is 981 g/mol. The van der Waals surface area contributed by atoms with Crippen molar-refractivity contribution >= 4 is 50.1 Å². The van der Waals surface area contributed by atoms with Gasteiger partial charge in [0.05, 0.1) is 47.7 Å². The van der Waals surface area contributed by atoms with Gasteiger partial charge in [0.15, 0.2) is 11.6 Å². The van der Waals surface area contributed by atoms with Crippen molar-refractivity contribution in [2.75, 3.05) is 52.5 Å². The number of halogens is 1. The zero-order valence-corrected chi connectivity index (χ0v) is 42.6. The summed E-state index contributed by atoms with van der Waals surface area (Å²) in [5.74, 6) is 1.56. The minimum absolute atomic E-state index is 0.0154. The second kappa shape index (κ2) is 24.5. The van der Waals surface area contributed by atoms with Crippen molar-refractivity contribution in [3.8, 4) is 28.1 Å². The fourth-order valence-corrected chi connectivity index (χ4v) is 10.8. The highest BCUT2D eigenvalue weighted by Gasteiger charge is 2.19. The second-order valence-corrected chi connectivity index (χ2v) is 19.7. The maximum atomic E-state index is 15.3.